The number of anilines is 2. The number of aromatic nitrogens is 8. The Hall–Kier alpha value is -7.25. The van der Waals surface area contributed by atoms with Crippen LogP contribution in [0.4, 0.5) is 16.4 Å². The lowest BCUT2D eigenvalue weighted by atomic mass is 10.1. The minimum atomic E-state index is -1.53. The van der Waals surface area contributed by atoms with Gasteiger partial charge in [-0.25, -0.2) is 34.7 Å². The fourth-order valence-corrected chi connectivity index (χ4v) is 7.55. The number of hydrogen-bond donors (Lipinski definition) is 4. The van der Waals surface area contributed by atoms with E-state index in [4.69, 9.17) is 23.8 Å². The van der Waals surface area contributed by atoms with Gasteiger partial charge in [0.05, 0.1) is 24.9 Å². The number of amides is 2. The molecule has 0 saturated carbocycles. The number of hydrogen-bond acceptors (Lipinski definition) is 15. The smallest absolute Gasteiger partial charge is 0.450 e. The van der Waals surface area contributed by atoms with E-state index in [-0.39, 0.29) is 29.8 Å². The molecule has 1 unspecified atom stereocenters. The number of aliphatic hydroxyl groups excluding tert-OH is 1. The average molecular weight is 906 g/mol. The molecular formula is C44H46N10O10P+. The van der Waals surface area contributed by atoms with E-state index in [9.17, 15) is 24.1 Å². The van der Waals surface area contributed by atoms with Crippen molar-refractivity contribution < 1.29 is 47.9 Å². The van der Waals surface area contributed by atoms with Crippen molar-refractivity contribution in [3.63, 3.8) is 0 Å². The second-order valence-corrected chi connectivity index (χ2v) is 15.7. The highest BCUT2D eigenvalue weighted by Crippen LogP contribution is 2.36. The van der Waals surface area contributed by atoms with Gasteiger partial charge in [0, 0.05) is 24.0 Å². The highest BCUT2D eigenvalue weighted by atomic mass is 31.1. The molecule has 2 fully saturated rings. The minimum absolute atomic E-state index is 0.00606. The first-order valence-corrected chi connectivity index (χ1v) is 22.3. The van der Waals surface area contributed by atoms with E-state index in [1.807, 2.05) is 44.2 Å². The molecule has 65 heavy (non-hydrogen) atoms. The maximum absolute atomic E-state index is 12.5. The molecule has 20 nitrogen and oxygen atoms in total. The summed E-state index contributed by atoms with van der Waals surface area (Å²) in [5, 5.41) is 24.8. The lowest BCUT2D eigenvalue weighted by molar-refractivity contribution is -0.0487. The molecule has 7 aromatic rings. The van der Waals surface area contributed by atoms with Crippen LogP contribution in [0.2, 0.25) is 0 Å². The molecule has 2 amide bonds. The number of ether oxygens (including phenoxy) is 3. The summed E-state index contributed by atoms with van der Waals surface area (Å²) in [6.45, 7) is 5.50. The second-order valence-electron chi connectivity index (χ2n) is 14.7. The van der Waals surface area contributed by atoms with E-state index >= 15 is 0 Å². The maximum Gasteiger partial charge on any atom is 0.552 e. The Balaban J connectivity index is 0.000000161. The Morgan fingerprint density at radius 3 is 1.62 bits per heavy atom. The molecule has 0 radical (unpaired) electrons. The molecule has 2 saturated heterocycles. The van der Waals surface area contributed by atoms with Gasteiger partial charge in [0.1, 0.15) is 18.8 Å². The Morgan fingerprint density at radius 1 is 0.692 bits per heavy atom. The van der Waals surface area contributed by atoms with Gasteiger partial charge < -0.3 is 35.1 Å². The highest BCUT2D eigenvalue weighted by molar-refractivity contribution is 7.38. The van der Waals surface area contributed by atoms with Gasteiger partial charge in [-0.15, -0.1) is 0 Å². The zero-order chi connectivity index (χ0) is 45.9. The quantitative estimate of drug-likeness (QED) is 0.0727. The van der Waals surface area contributed by atoms with E-state index in [1.165, 1.54) is 25.6 Å². The first kappa shape index (κ1) is 45.8. The SMILES string of the molecule is CC[C@@H]1C[C@@H](O)[C@H](n2cnc3c(NC(=O)c4ccccc4)ncnc32)O1.CC[C@@H]1C[C@@H](OC(=O)O)[C@H](n2cnc3c(NC(=O)c4ccccc4)ncnc32)O1.C[P+](=O)Oc1ccccc1. The van der Waals surface area contributed by atoms with E-state index in [0.717, 1.165) is 12.8 Å². The van der Waals surface area contributed by atoms with Crippen LogP contribution in [-0.4, -0.2) is 98.3 Å². The van der Waals surface area contributed by atoms with Gasteiger partial charge in [0.15, 0.2) is 64.9 Å². The van der Waals surface area contributed by atoms with Crippen LogP contribution in [0.5, 0.6) is 5.75 Å². The summed E-state index contributed by atoms with van der Waals surface area (Å²) in [5.74, 6) is 0.635. The zero-order valence-electron chi connectivity index (χ0n) is 35.4. The summed E-state index contributed by atoms with van der Waals surface area (Å²) in [5.41, 5.74) is 2.74. The largest absolute Gasteiger partial charge is 0.552 e. The summed E-state index contributed by atoms with van der Waals surface area (Å²) in [7, 11) is -1.53. The number of nitrogens with zero attached hydrogens (tertiary/aromatic N) is 8. The van der Waals surface area contributed by atoms with Gasteiger partial charge in [-0.05, 0) is 53.8 Å². The predicted molar refractivity (Wildman–Crippen MR) is 237 cm³/mol. The van der Waals surface area contributed by atoms with Crippen molar-refractivity contribution in [2.45, 2.75) is 76.4 Å². The Kier molecular flexibility index (Phi) is 15.1. The Morgan fingerprint density at radius 2 is 1.15 bits per heavy atom. The lowest BCUT2D eigenvalue weighted by Gasteiger charge is -2.19. The maximum atomic E-state index is 12.5. The number of para-hydroxylation sites is 1. The van der Waals surface area contributed by atoms with Gasteiger partial charge in [-0.3, -0.25) is 23.2 Å². The van der Waals surface area contributed by atoms with Crippen molar-refractivity contribution in [2.24, 2.45) is 0 Å². The van der Waals surface area contributed by atoms with Crippen molar-refractivity contribution in [3.05, 3.63) is 127 Å². The molecule has 7 atom stereocenters. The van der Waals surface area contributed by atoms with Gasteiger partial charge in [0.25, 0.3) is 11.8 Å². The van der Waals surface area contributed by atoms with Gasteiger partial charge >= 0.3 is 14.2 Å². The molecule has 9 rings (SSSR count). The molecular weight excluding hydrogens is 860 g/mol. The third kappa shape index (κ3) is 11.3. The monoisotopic (exact) mass is 905 g/mol. The molecule has 2 aliphatic heterocycles. The van der Waals surface area contributed by atoms with Crippen molar-refractivity contribution in [1.82, 2.24) is 39.0 Å². The van der Waals surface area contributed by atoms with Crippen molar-refractivity contribution in [1.29, 1.82) is 0 Å². The molecule has 4 N–H and O–H groups in total. The van der Waals surface area contributed by atoms with E-state index in [0.29, 0.717) is 57.9 Å². The van der Waals surface area contributed by atoms with Crippen LogP contribution in [0.1, 0.15) is 72.7 Å². The first-order valence-electron chi connectivity index (χ1n) is 20.6. The third-order valence-corrected chi connectivity index (χ3v) is 10.7. The highest BCUT2D eigenvalue weighted by Gasteiger charge is 2.40. The summed E-state index contributed by atoms with van der Waals surface area (Å²) in [4.78, 5) is 61.3. The first-order chi connectivity index (χ1) is 31.5. The van der Waals surface area contributed by atoms with Crippen LogP contribution < -0.4 is 15.2 Å². The van der Waals surface area contributed by atoms with Crippen LogP contribution >= 0.6 is 8.03 Å². The summed E-state index contributed by atoms with van der Waals surface area (Å²) < 4.78 is 35.6. The van der Waals surface area contributed by atoms with Crippen LogP contribution in [-0.2, 0) is 18.8 Å². The number of carbonyl (C=O) groups excluding carboxylic acids is 2. The number of carboxylic acid groups (broad SMARTS) is 1. The fraction of sp³-hybridized carbons (Fsp3) is 0.295. The lowest BCUT2D eigenvalue weighted by Crippen LogP contribution is -2.24. The van der Waals surface area contributed by atoms with Crippen LogP contribution in [0.3, 0.4) is 0 Å². The summed E-state index contributed by atoms with van der Waals surface area (Å²) >= 11 is 0. The molecule has 0 aliphatic carbocycles. The van der Waals surface area contributed by atoms with Crippen molar-refractivity contribution in [3.8, 4) is 5.75 Å². The number of fused-ring (bicyclic) bond motifs is 2. The van der Waals surface area contributed by atoms with Gasteiger partial charge in [-0.2, -0.15) is 0 Å². The average Bonchev–Trinajstić information content (AvgIpc) is 4.13. The molecule has 336 valence electrons. The van der Waals surface area contributed by atoms with E-state index in [2.05, 4.69) is 40.5 Å². The Labute approximate surface area is 372 Å². The van der Waals surface area contributed by atoms with Crippen molar-refractivity contribution >= 4 is 60.0 Å². The molecule has 0 spiro atoms. The number of benzene rings is 3. The van der Waals surface area contributed by atoms with Crippen LogP contribution in [0.25, 0.3) is 22.3 Å². The van der Waals surface area contributed by atoms with Crippen LogP contribution in [0.15, 0.2) is 116 Å². The standard InChI is InChI=1S/C19H19N5O5.C18H19N5O3.C7H8O2P/c1-2-12-8-13(29-19(26)27)18(28-12)24-10-22-14-15(20-9-21-16(14)24)23-17(25)11-6-4-3-5-7-11;1-2-12-8-13(24)18(26-12)23-10-21-14-15(19-9-20-16(14)23)22-17(25)11-6-4-3-5-7-11;1-10(8)9-7-5-3-2-4-6-7/h3-7,9-10,12-13,18H,2,8H2,1H3,(H,26,27)(H,20,21,23,25);3-7,9-10,12-13,18,24H,2,8H2,1H3,(H,19,20,22,25);2-6H,1H3/q;;+1/t2*12-,13-,18-;/m11./s1. The minimum Gasteiger partial charge on any atom is -0.450 e. The molecule has 3 aromatic carbocycles. The number of carbonyl (C=O) groups is 3. The summed E-state index contributed by atoms with van der Waals surface area (Å²) in [6.07, 6.45) is 4.21. The second kappa shape index (κ2) is 21.4. The molecule has 2 aliphatic rings. The van der Waals surface area contributed by atoms with Gasteiger partial charge in [-0.1, -0.05) is 68.4 Å². The molecule has 4 aromatic heterocycles. The molecule has 0 bridgehead atoms. The number of imidazole rings is 2. The topological polar surface area (TPSA) is 257 Å². The predicted octanol–water partition coefficient (Wildman–Crippen LogP) is 7.41. The van der Waals surface area contributed by atoms with Crippen molar-refractivity contribution in [2.75, 3.05) is 17.3 Å². The van der Waals surface area contributed by atoms with E-state index < -0.39 is 38.8 Å². The van der Waals surface area contributed by atoms with Gasteiger partial charge in [0.2, 0.25) is 0 Å². The number of aliphatic hydroxyl groups is 1. The summed E-state index contributed by atoms with van der Waals surface area (Å²) in [6, 6.07) is 26.7. The zero-order valence-corrected chi connectivity index (χ0v) is 36.3. The number of rotatable bonds is 11. The Bertz CT molecular complexity index is 2730. The number of nitrogens with one attached hydrogen (secondary N) is 2. The fourth-order valence-electron chi connectivity index (χ4n) is 7.13. The molecule has 6 heterocycles. The van der Waals surface area contributed by atoms with Crippen LogP contribution in [0, 0.1) is 0 Å². The van der Waals surface area contributed by atoms with E-state index in [1.54, 1.807) is 76.1 Å². The molecule has 21 heteroatoms. The third-order valence-electron chi connectivity index (χ3n) is 10.3. The normalized spacial score (nSPS) is 20.2.